The lowest BCUT2D eigenvalue weighted by molar-refractivity contribution is -0.137. The number of aliphatic carboxylic acids is 1. The zero-order chi connectivity index (χ0) is 17.4. The van der Waals surface area contributed by atoms with E-state index in [4.69, 9.17) is 9.84 Å². The van der Waals surface area contributed by atoms with E-state index in [9.17, 15) is 4.79 Å². The predicted octanol–water partition coefficient (Wildman–Crippen LogP) is 4.87. The van der Waals surface area contributed by atoms with Gasteiger partial charge in [-0.2, -0.15) is 0 Å². The van der Waals surface area contributed by atoms with Gasteiger partial charge >= 0.3 is 5.97 Å². The third-order valence-electron chi connectivity index (χ3n) is 3.87. The molecule has 0 saturated carbocycles. The van der Waals surface area contributed by atoms with Crippen LogP contribution < -0.4 is 4.74 Å². The van der Waals surface area contributed by atoms with Gasteiger partial charge in [0.2, 0.25) is 0 Å². The first kappa shape index (κ1) is 18.1. The molecule has 0 heterocycles. The molecule has 0 aliphatic heterocycles. The molecule has 0 unspecified atom stereocenters. The van der Waals surface area contributed by atoms with Crippen LogP contribution in [0.25, 0.3) is 0 Å². The number of benzene rings is 2. The van der Waals surface area contributed by atoms with E-state index in [1.807, 2.05) is 24.3 Å². The summed E-state index contributed by atoms with van der Waals surface area (Å²) in [4.78, 5) is 10.6. The van der Waals surface area contributed by atoms with Crippen molar-refractivity contribution in [3.8, 4) is 5.75 Å². The molecule has 24 heavy (non-hydrogen) atoms. The second kappa shape index (κ2) is 9.11. The normalized spacial score (nSPS) is 10.8. The molecule has 3 nitrogen and oxygen atoms in total. The fraction of sp³-hybridized carbons (Fsp3) is 0.381. The van der Waals surface area contributed by atoms with Gasteiger partial charge in [-0.15, -0.1) is 0 Å². The van der Waals surface area contributed by atoms with E-state index >= 15 is 0 Å². The van der Waals surface area contributed by atoms with Gasteiger partial charge in [-0.3, -0.25) is 4.79 Å². The van der Waals surface area contributed by atoms with E-state index in [1.165, 1.54) is 5.56 Å². The van der Waals surface area contributed by atoms with Crippen molar-refractivity contribution in [1.82, 2.24) is 0 Å². The summed E-state index contributed by atoms with van der Waals surface area (Å²) in [5.41, 5.74) is 3.56. The van der Waals surface area contributed by atoms with Crippen molar-refractivity contribution in [2.75, 3.05) is 0 Å². The Labute approximate surface area is 144 Å². The smallest absolute Gasteiger partial charge is 0.303 e. The highest BCUT2D eigenvalue weighted by Crippen LogP contribution is 2.21. The van der Waals surface area contributed by atoms with E-state index in [1.54, 1.807) is 0 Å². The third-order valence-corrected chi connectivity index (χ3v) is 3.87. The van der Waals surface area contributed by atoms with Crippen LogP contribution in [0, 0.1) is 5.92 Å². The maximum Gasteiger partial charge on any atom is 0.303 e. The second-order valence-electron chi connectivity index (χ2n) is 6.56. The van der Waals surface area contributed by atoms with Crippen LogP contribution in [0.2, 0.25) is 0 Å². The molecule has 0 atom stereocenters. The molecule has 0 aromatic heterocycles. The van der Waals surface area contributed by atoms with Crippen molar-refractivity contribution in [1.29, 1.82) is 0 Å². The minimum Gasteiger partial charge on any atom is -0.489 e. The average Bonchev–Trinajstić information content (AvgIpc) is 2.54. The Kier molecular flexibility index (Phi) is 6.86. The Bertz CT molecular complexity index is 644. The standard InChI is InChI=1S/C21H26O3/c1-16(2)14-17-10-12-18(13-11-17)15-24-20-8-4-3-6-19(20)7-5-9-21(22)23/h3-4,6,8,10-13,16H,5,7,9,14-15H2,1-2H3,(H,22,23). The van der Waals surface area contributed by atoms with E-state index in [0.717, 1.165) is 29.7 Å². The van der Waals surface area contributed by atoms with Crippen molar-refractivity contribution in [2.24, 2.45) is 5.92 Å². The quantitative estimate of drug-likeness (QED) is 0.715. The van der Waals surface area contributed by atoms with Crippen molar-refractivity contribution in [3.05, 3.63) is 65.2 Å². The van der Waals surface area contributed by atoms with Gasteiger partial charge < -0.3 is 9.84 Å². The van der Waals surface area contributed by atoms with Crippen LogP contribution in [0.15, 0.2) is 48.5 Å². The van der Waals surface area contributed by atoms with Crippen LogP contribution >= 0.6 is 0 Å². The number of rotatable bonds is 9. The molecule has 0 aliphatic rings. The fourth-order valence-electron chi connectivity index (χ4n) is 2.69. The average molecular weight is 326 g/mol. The highest BCUT2D eigenvalue weighted by molar-refractivity contribution is 5.66. The first-order valence-electron chi connectivity index (χ1n) is 8.55. The second-order valence-corrected chi connectivity index (χ2v) is 6.56. The Balaban J connectivity index is 1.92. The zero-order valence-corrected chi connectivity index (χ0v) is 14.5. The molecule has 0 radical (unpaired) electrons. The molecule has 128 valence electrons. The van der Waals surface area contributed by atoms with E-state index in [2.05, 4.69) is 38.1 Å². The summed E-state index contributed by atoms with van der Waals surface area (Å²) in [6, 6.07) is 16.4. The molecule has 0 aliphatic carbocycles. The molecule has 0 amide bonds. The Hall–Kier alpha value is -2.29. The summed E-state index contributed by atoms with van der Waals surface area (Å²) in [7, 11) is 0. The maximum absolute atomic E-state index is 10.6. The van der Waals surface area contributed by atoms with Gasteiger partial charge in [0.1, 0.15) is 12.4 Å². The molecular weight excluding hydrogens is 300 g/mol. The molecule has 2 rings (SSSR count). The number of hydrogen-bond donors (Lipinski definition) is 1. The number of hydrogen-bond acceptors (Lipinski definition) is 2. The van der Waals surface area contributed by atoms with Crippen LogP contribution in [0.5, 0.6) is 5.75 Å². The number of para-hydroxylation sites is 1. The van der Waals surface area contributed by atoms with E-state index in [-0.39, 0.29) is 6.42 Å². The molecule has 1 N–H and O–H groups in total. The summed E-state index contributed by atoms with van der Waals surface area (Å²) in [5, 5.41) is 8.76. The lowest BCUT2D eigenvalue weighted by Crippen LogP contribution is -2.01. The van der Waals surface area contributed by atoms with Gasteiger partial charge in [-0.1, -0.05) is 56.3 Å². The summed E-state index contributed by atoms with van der Waals surface area (Å²) >= 11 is 0. The van der Waals surface area contributed by atoms with Crippen molar-refractivity contribution < 1.29 is 14.6 Å². The van der Waals surface area contributed by atoms with Crippen LogP contribution in [-0.4, -0.2) is 11.1 Å². The molecular formula is C21H26O3. The van der Waals surface area contributed by atoms with Gasteiger partial charge in [0.05, 0.1) is 0 Å². The predicted molar refractivity (Wildman–Crippen MR) is 96.3 cm³/mol. The molecule has 0 saturated heterocycles. The Morgan fingerprint density at radius 2 is 1.71 bits per heavy atom. The van der Waals surface area contributed by atoms with Crippen molar-refractivity contribution in [3.63, 3.8) is 0 Å². The number of carboxylic acid groups (broad SMARTS) is 1. The molecule has 0 spiro atoms. The van der Waals surface area contributed by atoms with Crippen LogP contribution in [0.1, 0.15) is 43.4 Å². The highest BCUT2D eigenvalue weighted by Gasteiger charge is 2.05. The summed E-state index contributed by atoms with van der Waals surface area (Å²) < 4.78 is 5.95. The number of carbonyl (C=O) groups is 1. The van der Waals surface area contributed by atoms with Crippen LogP contribution in [0.4, 0.5) is 0 Å². The lowest BCUT2D eigenvalue weighted by Gasteiger charge is -2.12. The number of ether oxygens (including phenoxy) is 1. The number of carboxylic acids is 1. The SMILES string of the molecule is CC(C)Cc1ccc(COc2ccccc2CCCC(=O)O)cc1. The first-order chi connectivity index (χ1) is 11.5. The number of aryl methyl sites for hydroxylation is 1. The van der Waals surface area contributed by atoms with Gasteiger partial charge in [-0.05, 0) is 47.9 Å². The summed E-state index contributed by atoms with van der Waals surface area (Å²) in [6.45, 7) is 4.97. The Morgan fingerprint density at radius 1 is 1.04 bits per heavy atom. The van der Waals surface area contributed by atoms with Crippen molar-refractivity contribution >= 4 is 5.97 Å². The van der Waals surface area contributed by atoms with Crippen molar-refractivity contribution in [2.45, 2.75) is 46.1 Å². The topological polar surface area (TPSA) is 46.5 Å². The maximum atomic E-state index is 10.6. The molecule has 0 bridgehead atoms. The summed E-state index contributed by atoms with van der Waals surface area (Å²) in [5.74, 6) is 0.744. The third kappa shape index (κ3) is 6.07. The van der Waals surface area contributed by atoms with Gasteiger partial charge in [0.25, 0.3) is 0 Å². The first-order valence-corrected chi connectivity index (χ1v) is 8.55. The lowest BCUT2D eigenvalue weighted by atomic mass is 10.0. The summed E-state index contributed by atoms with van der Waals surface area (Å²) in [6.07, 6.45) is 2.62. The van der Waals surface area contributed by atoms with Gasteiger partial charge in [-0.25, -0.2) is 0 Å². The van der Waals surface area contributed by atoms with E-state index in [0.29, 0.717) is 18.9 Å². The van der Waals surface area contributed by atoms with Gasteiger partial charge in [0.15, 0.2) is 0 Å². The largest absolute Gasteiger partial charge is 0.489 e. The molecule has 3 heteroatoms. The minimum absolute atomic E-state index is 0.186. The molecule has 2 aromatic rings. The monoisotopic (exact) mass is 326 g/mol. The molecule has 0 fully saturated rings. The zero-order valence-electron chi connectivity index (χ0n) is 14.5. The molecule has 2 aromatic carbocycles. The van der Waals surface area contributed by atoms with Crippen LogP contribution in [0.3, 0.4) is 0 Å². The van der Waals surface area contributed by atoms with Gasteiger partial charge in [0, 0.05) is 6.42 Å². The highest BCUT2D eigenvalue weighted by atomic mass is 16.5. The Morgan fingerprint density at radius 3 is 2.38 bits per heavy atom. The van der Waals surface area contributed by atoms with Crippen LogP contribution in [-0.2, 0) is 24.2 Å². The minimum atomic E-state index is -0.755. The van der Waals surface area contributed by atoms with E-state index < -0.39 is 5.97 Å². The fourth-order valence-corrected chi connectivity index (χ4v) is 2.69.